The largest absolute Gasteiger partial charge is 0.390 e. The minimum atomic E-state index is -0.817. The van der Waals surface area contributed by atoms with E-state index in [1.807, 2.05) is 38.1 Å². The molecule has 2 unspecified atom stereocenters. The summed E-state index contributed by atoms with van der Waals surface area (Å²) in [6.45, 7) is 5.67. The van der Waals surface area contributed by atoms with Crippen molar-refractivity contribution in [2.24, 2.45) is 0 Å². The second-order valence-electron chi connectivity index (χ2n) is 5.74. The van der Waals surface area contributed by atoms with Gasteiger partial charge in [-0.05, 0) is 38.3 Å². The first kappa shape index (κ1) is 13.1. The summed E-state index contributed by atoms with van der Waals surface area (Å²) in [7, 11) is 1.80. The number of hydrogen-bond acceptors (Lipinski definition) is 2. The molecule has 2 rings (SSSR count). The van der Waals surface area contributed by atoms with Crippen molar-refractivity contribution in [3.8, 4) is 0 Å². The maximum Gasteiger partial charge on any atom is 0.237 e. The molecule has 0 fully saturated rings. The Kier molecular flexibility index (Phi) is 2.98. The number of para-hydroxylation sites is 1. The molecule has 1 amide bonds. The predicted molar refractivity (Wildman–Crippen MR) is 72.7 cm³/mol. The second kappa shape index (κ2) is 4.09. The Labute approximate surface area is 108 Å². The van der Waals surface area contributed by atoms with E-state index in [1.165, 1.54) is 0 Å². The number of benzene rings is 1. The number of carbonyl (C=O) groups is 1. The number of anilines is 1. The first-order valence-corrected chi connectivity index (χ1v) is 6.42. The van der Waals surface area contributed by atoms with Gasteiger partial charge in [0, 0.05) is 12.7 Å². The highest BCUT2D eigenvalue weighted by Gasteiger charge is 2.48. The predicted octanol–water partition coefficient (Wildman–Crippen LogP) is 2.47. The Morgan fingerprint density at radius 1 is 1.39 bits per heavy atom. The van der Waals surface area contributed by atoms with Crippen LogP contribution >= 0.6 is 0 Å². The molecule has 1 aliphatic rings. The number of aliphatic hydroxyl groups is 1. The van der Waals surface area contributed by atoms with E-state index < -0.39 is 11.0 Å². The molecule has 1 aromatic rings. The summed E-state index contributed by atoms with van der Waals surface area (Å²) in [6.07, 6.45) is 1.10. The van der Waals surface area contributed by atoms with Crippen molar-refractivity contribution in [3.05, 3.63) is 29.8 Å². The van der Waals surface area contributed by atoms with Crippen molar-refractivity contribution in [2.75, 3.05) is 11.9 Å². The van der Waals surface area contributed by atoms with E-state index in [-0.39, 0.29) is 5.91 Å². The Bertz CT molecular complexity index is 481. The molecule has 1 heterocycles. The first-order chi connectivity index (χ1) is 8.32. The number of amides is 1. The molecule has 0 saturated heterocycles. The molecule has 0 saturated carbocycles. The lowest BCUT2D eigenvalue weighted by atomic mass is 9.74. The van der Waals surface area contributed by atoms with Gasteiger partial charge in [0.2, 0.25) is 5.91 Å². The summed E-state index contributed by atoms with van der Waals surface area (Å²) in [4.78, 5) is 14.2. The van der Waals surface area contributed by atoms with Gasteiger partial charge in [-0.2, -0.15) is 0 Å². The van der Waals surface area contributed by atoms with Crippen molar-refractivity contribution < 1.29 is 9.90 Å². The highest BCUT2D eigenvalue weighted by atomic mass is 16.3. The lowest BCUT2D eigenvalue weighted by Gasteiger charge is -2.32. The highest BCUT2D eigenvalue weighted by Crippen LogP contribution is 2.45. The van der Waals surface area contributed by atoms with Gasteiger partial charge < -0.3 is 10.0 Å². The van der Waals surface area contributed by atoms with Gasteiger partial charge in [0.1, 0.15) is 0 Å². The fourth-order valence-electron chi connectivity index (χ4n) is 2.88. The summed E-state index contributed by atoms with van der Waals surface area (Å²) in [5.74, 6) is 0.0671. The molecular weight excluding hydrogens is 226 g/mol. The normalized spacial score (nSPS) is 26.1. The van der Waals surface area contributed by atoms with Crippen LogP contribution in [0.15, 0.2) is 24.3 Å². The minimum absolute atomic E-state index is 0.0671. The number of fused-ring (bicyclic) bond motifs is 1. The topological polar surface area (TPSA) is 40.5 Å². The summed E-state index contributed by atoms with van der Waals surface area (Å²) >= 11 is 0. The molecule has 2 atom stereocenters. The zero-order valence-corrected chi connectivity index (χ0v) is 11.5. The Morgan fingerprint density at radius 3 is 2.61 bits per heavy atom. The van der Waals surface area contributed by atoms with E-state index in [9.17, 15) is 9.90 Å². The van der Waals surface area contributed by atoms with E-state index in [2.05, 4.69) is 0 Å². The Morgan fingerprint density at radius 2 is 2.00 bits per heavy atom. The molecule has 0 bridgehead atoms. The molecule has 1 aliphatic heterocycles. The molecule has 3 heteroatoms. The third kappa shape index (κ3) is 1.83. The second-order valence-corrected chi connectivity index (χ2v) is 5.74. The van der Waals surface area contributed by atoms with Crippen molar-refractivity contribution in [1.29, 1.82) is 0 Å². The van der Waals surface area contributed by atoms with Crippen LogP contribution in [-0.4, -0.2) is 23.7 Å². The van der Waals surface area contributed by atoms with Gasteiger partial charge in [-0.25, -0.2) is 0 Å². The van der Waals surface area contributed by atoms with E-state index >= 15 is 0 Å². The fourth-order valence-corrected chi connectivity index (χ4v) is 2.88. The Balaban J connectivity index is 2.48. The number of rotatable bonds is 3. The van der Waals surface area contributed by atoms with Gasteiger partial charge in [-0.3, -0.25) is 4.79 Å². The van der Waals surface area contributed by atoms with Crippen molar-refractivity contribution >= 4 is 11.6 Å². The zero-order valence-electron chi connectivity index (χ0n) is 11.5. The van der Waals surface area contributed by atoms with Gasteiger partial charge in [0.15, 0.2) is 0 Å². The van der Waals surface area contributed by atoms with Gasteiger partial charge in [0.25, 0.3) is 0 Å². The van der Waals surface area contributed by atoms with Crippen molar-refractivity contribution in [3.63, 3.8) is 0 Å². The molecule has 1 aromatic carbocycles. The number of nitrogens with zero attached hydrogens (tertiary/aromatic N) is 1. The van der Waals surface area contributed by atoms with E-state index in [0.29, 0.717) is 12.8 Å². The van der Waals surface area contributed by atoms with Crippen LogP contribution in [0.25, 0.3) is 0 Å². The van der Waals surface area contributed by atoms with E-state index in [1.54, 1.807) is 18.9 Å². The SMILES string of the molecule is CCC(C)(O)CC1(C)C(=O)N(C)c2ccccc21. The monoisotopic (exact) mass is 247 g/mol. The third-order valence-electron chi connectivity index (χ3n) is 4.13. The molecule has 0 spiro atoms. The number of hydrogen-bond donors (Lipinski definition) is 1. The highest BCUT2D eigenvalue weighted by molar-refractivity contribution is 6.07. The molecule has 0 radical (unpaired) electrons. The number of likely N-dealkylation sites (N-methyl/N-ethyl adjacent to an activating group) is 1. The number of carbonyl (C=O) groups excluding carboxylic acids is 1. The zero-order chi connectivity index (χ0) is 13.6. The average Bonchev–Trinajstić information content (AvgIpc) is 2.52. The fraction of sp³-hybridized carbons (Fsp3) is 0.533. The lowest BCUT2D eigenvalue weighted by Crippen LogP contribution is -2.42. The van der Waals surface area contributed by atoms with Crippen LogP contribution < -0.4 is 4.90 Å². The van der Waals surface area contributed by atoms with Crippen LogP contribution in [0, 0.1) is 0 Å². The minimum Gasteiger partial charge on any atom is -0.390 e. The lowest BCUT2D eigenvalue weighted by molar-refractivity contribution is -0.124. The first-order valence-electron chi connectivity index (χ1n) is 6.42. The molecule has 0 aromatic heterocycles. The van der Waals surface area contributed by atoms with Crippen molar-refractivity contribution in [1.82, 2.24) is 0 Å². The van der Waals surface area contributed by atoms with Crippen LogP contribution in [-0.2, 0) is 10.2 Å². The third-order valence-corrected chi connectivity index (χ3v) is 4.13. The quantitative estimate of drug-likeness (QED) is 0.891. The van der Waals surface area contributed by atoms with E-state index in [4.69, 9.17) is 0 Å². The van der Waals surface area contributed by atoms with Gasteiger partial charge >= 0.3 is 0 Å². The smallest absolute Gasteiger partial charge is 0.237 e. The van der Waals surface area contributed by atoms with Crippen LogP contribution in [0.3, 0.4) is 0 Å². The Hall–Kier alpha value is -1.35. The molecule has 1 N–H and O–H groups in total. The summed E-state index contributed by atoms with van der Waals surface area (Å²) < 4.78 is 0. The van der Waals surface area contributed by atoms with Crippen molar-refractivity contribution in [2.45, 2.75) is 44.6 Å². The maximum absolute atomic E-state index is 12.5. The molecule has 0 aliphatic carbocycles. The summed E-state index contributed by atoms with van der Waals surface area (Å²) in [6, 6.07) is 7.83. The maximum atomic E-state index is 12.5. The van der Waals surface area contributed by atoms with Gasteiger partial charge in [-0.1, -0.05) is 25.1 Å². The summed E-state index contributed by atoms with van der Waals surface area (Å²) in [5.41, 5.74) is 0.538. The van der Waals surface area contributed by atoms with Crippen LogP contribution in [0.1, 0.15) is 39.2 Å². The molecular formula is C15H21NO2. The van der Waals surface area contributed by atoms with Crippen LogP contribution in [0.2, 0.25) is 0 Å². The standard InChI is InChI=1S/C15H21NO2/c1-5-14(2,18)10-15(3)11-8-6-7-9-12(11)16(4)13(15)17/h6-9,18H,5,10H2,1-4H3. The van der Waals surface area contributed by atoms with E-state index in [0.717, 1.165) is 11.3 Å². The molecule has 98 valence electrons. The average molecular weight is 247 g/mol. The summed E-state index contributed by atoms with van der Waals surface area (Å²) in [5, 5.41) is 10.3. The molecule has 18 heavy (non-hydrogen) atoms. The van der Waals surface area contributed by atoms with Gasteiger partial charge in [-0.15, -0.1) is 0 Å². The van der Waals surface area contributed by atoms with Crippen LogP contribution in [0.5, 0.6) is 0 Å². The van der Waals surface area contributed by atoms with Gasteiger partial charge in [0.05, 0.1) is 11.0 Å². The van der Waals surface area contributed by atoms with Crippen LogP contribution in [0.4, 0.5) is 5.69 Å². The molecule has 3 nitrogen and oxygen atoms in total.